The lowest BCUT2D eigenvalue weighted by atomic mass is 10.2. The predicted molar refractivity (Wildman–Crippen MR) is 104 cm³/mol. The molecule has 1 heterocycles. The molecule has 0 atom stereocenters. The molecule has 2 rings (SSSR count). The van der Waals surface area contributed by atoms with Crippen molar-refractivity contribution in [2.45, 2.75) is 19.8 Å². The number of amides is 1. The van der Waals surface area contributed by atoms with Crippen LogP contribution in [0.25, 0.3) is 0 Å². The number of carbonyl (C=O) groups is 3. The SMILES string of the molecule is CCCCOc1ccc(C(=O)NCC(=O)OCC(=O)c2ccc(Cl)s2)cc1. The van der Waals surface area contributed by atoms with Gasteiger partial charge < -0.3 is 14.8 Å². The lowest BCUT2D eigenvalue weighted by Crippen LogP contribution is -2.31. The molecule has 0 fully saturated rings. The Morgan fingerprint density at radius 3 is 2.48 bits per heavy atom. The number of rotatable bonds is 10. The number of nitrogens with one attached hydrogen (secondary N) is 1. The molecule has 1 aromatic carbocycles. The Morgan fingerprint density at radius 1 is 1.11 bits per heavy atom. The number of ether oxygens (including phenoxy) is 2. The van der Waals surface area contributed by atoms with Gasteiger partial charge >= 0.3 is 5.97 Å². The van der Waals surface area contributed by atoms with E-state index in [4.69, 9.17) is 21.1 Å². The first kappa shape index (κ1) is 20.9. The van der Waals surface area contributed by atoms with E-state index in [-0.39, 0.29) is 12.3 Å². The Labute approximate surface area is 166 Å². The lowest BCUT2D eigenvalue weighted by Gasteiger charge is -2.08. The first-order chi connectivity index (χ1) is 13.0. The number of benzene rings is 1. The van der Waals surface area contributed by atoms with Crippen molar-refractivity contribution < 1.29 is 23.9 Å². The second-order valence-corrected chi connectivity index (χ2v) is 7.31. The van der Waals surface area contributed by atoms with Gasteiger partial charge in [0.25, 0.3) is 5.91 Å². The average Bonchev–Trinajstić information content (AvgIpc) is 3.11. The summed E-state index contributed by atoms with van der Waals surface area (Å²) >= 11 is 6.87. The van der Waals surface area contributed by atoms with E-state index in [9.17, 15) is 14.4 Å². The highest BCUT2D eigenvalue weighted by molar-refractivity contribution is 7.18. The summed E-state index contributed by atoms with van der Waals surface area (Å²) in [5, 5.41) is 2.45. The number of esters is 1. The minimum Gasteiger partial charge on any atom is -0.494 e. The third-order valence-electron chi connectivity index (χ3n) is 3.49. The maximum Gasteiger partial charge on any atom is 0.325 e. The van der Waals surface area contributed by atoms with Crippen LogP contribution in [-0.2, 0) is 9.53 Å². The summed E-state index contributed by atoms with van der Waals surface area (Å²) in [7, 11) is 0. The van der Waals surface area contributed by atoms with Gasteiger partial charge in [0.2, 0.25) is 5.78 Å². The Bertz CT molecular complexity index is 788. The van der Waals surface area contributed by atoms with Gasteiger partial charge in [-0.25, -0.2) is 0 Å². The number of halogens is 1. The summed E-state index contributed by atoms with van der Waals surface area (Å²) in [6.45, 7) is 1.99. The van der Waals surface area contributed by atoms with E-state index < -0.39 is 18.5 Å². The number of carbonyl (C=O) groups excluding carboxylic acids is 3. The van der Waals surface area contributed by atoms with E-state index >= 15 is 0 Å². The highest BCUT2D eigenvalue weighted by Gasteiger charge is 2.13. The molecular weight excluding hydrogens is 390 g/mol. The summed E-state index contributed by atoms with van der Waals surface area (Å²) in [5.74, 6) is -0.765. The van der Waals surface area contributed by atoms with Gasteiger partial charge in [-0.2, -0.15) is 0 Å². The van der Waals surface area contributed by atoms with Crippen molar-refractivity contribution in [3.8, 4) is 5.75 Å². The summed E-state index contributed by atoms with van der Waals surface area (Å²) in [6, 6.07) is 9.81. The molecule has 0 radical (unpaired) electrons. The van der Waals surface area contributed by atoms with E-state index in [0.29, 0.717) is 27.1 Å². The van der Waals surface area contributed by atoms with Crippen molar-refractivity contribution >= 4 is 40.6 Å². The van der Waals surface area contributed by atoms with Crippen LogP contribution >= 0.6 is 22.9 Å². The number of ketones is 1. The quantitative estimate of drug-likeness (QED) is 0.367. The molecule has 144 valence electrons. The van der Waals surface area contributed by atoms with Crippen LogP contribution in [0, 0.1) is 0 Å². The molecule has 1 amide bonds. The molecule has 1 N–H and O–H groups in total. The number of Topliss-reactive ketones (excluding diaryl/α,β-unsaturated/α-hetero) is 1. The molecule has 6 nitrogen and oxygen atoms in total. The van der Waals surface area contributed by atoms with Gasteiger partial charge in [0.15, 0.2) is 6.61 Å². The molecule has 1 aromatic heterocycles. The Balaban J connectivity index is 1.72. The number of thiophene rings is 1. The van der Waals surface area contributed by atoms with Crippen molar-refractivity contribution in [3.63, 3.8) is 0 Å². The van der Waals surface area contributed by atoms with Gasteiger partial charge in [-0.3, -0.25) is 14.4 Å². The van der Waals surface area contributed by atoms with E-state index in [1.807, 2.05) is 0 Å². The molecule has 0 spiro atoms. The first-order valence-corrected chi connectivity index (χ1v) is 9.64. The molecule has 27 heavy (non-hydrogen) atoms. The van der Waals surface area contributed by atoms with Crippen LogP contribution in [0.15, 0.2) is 36.4 Å². The van der Waals surface area contributed by atoms with Gasteiger partial charge in [0.1, 0.15) is 12.3 Å². The van der Waals surface area contributed by atoms with Gasteiger partial charge in [-0.1, -0.05) is 24.9 Å². The maximum absolute atomic E-state index is 12.0. The second kappa shape index (κ2) is 10.7. The zero-order valence-electron chi connectivity index (χ0n) is 14.8. The second-order valence-electron chi connectivity index (χ2n) is 5.60. The number of hydrogen-bond donors (Lipinski definition) is 1. The zero-order chi connectivity index (χ0) is 19.6. The molecule has 0 aliphatic heterocycles. The lowest BCUT2D eigenvalue weighted by molar-refractivity contribution is -0.141. The topological polar surface area (TPSA) is 81.7 Å². The van der Waals surface area contributed by atoms with E-state index in [1.165, 1.54) is 0 Å². The van der Waals surface area contributed by atoms with Gasteiger partial charge in [0, 0.05) is 5.56 Å². The zero-order valence-corrected chi connectivity index (χ0v) is 16.4. The molecule has 0 aliphatic carbocycles. The van der Waals surface area contributed by atoms with Crippen LogP contribution in [0.3, 0.4) is 0 Å². The molecule has 2 aromatic rings. The van der Waals surface area contributed by atoms with Gasteiger partial charge in [0.05, 0.1) is 15.8 Å². The summed E-state index contributed by atoms with van der Waals surface area (Å²) < 4.78 is 10.9. The summed E-state index contributed by atoms with van der Waals surface area (Å²) in [5.41, 5.74) is 0.398. The van der Waals surface area contributed by atoms with Gasteiger partial charge in [-0.15, -0.1) is 11.3 Å². The van der Waals surface area contributed by atoms with E-state index in [2.05, 4.69) is 12.2 Å². The molecule has 0 bridgehead atoms. The molecule has 0 saturated heterocycles. The highest BCUT2D eigenvalue weighted by Crippen LogP contribution is 2.21. The van der Waals surface area contributed by atoms with E-state index in [1.54, 1.807) is 36.4 Å². The number of unbranched alkanes of at least 4 members (excludes halogenated alkanes) is 1. The summed E-state index contributed by atoms with van der Waals surface area (Å²) in [4.78, 5) is 36.0. The molecular formula is C19H20ClNO5S. The van der Waals surface area contributed by atoms with Crippen LogP contribution in [-0.4, -0.2) is 37.4 Å². The minimum atomic E-state index is -0.695. The third-order valence-corrected chi connectivity index (χ3v) is 4.76. The Hall–Kier alpha value is -2.38. The fraction of sp³-hybridized carbons (Fsp3) is 0.316. The normalized spacial score (nSPS) is 10.3. The Morgan fingerprint density at radius 2 is 1.85 bits per heavy atom. The minimum absolute atomic E-state index is 0.327. The fourth-order valence-corrected chi connectivity index (χ4v) is 2.99. The van der Waals surface area contributed by atoms with Crippen molar-refractivity contribution in [2.75, 3.05) is 19.8 Å². The molecule has 0 aliphatic rings. The number of hydrogen-bond acceptors (Lipinski definition) is 6. The van der Waals surface area contributed by atoms with Crippen molar-refractivity contribution in [3.05, 3.63) is 51.2 Å². The van der Waals surface area contributed by atoms with Crippen molar-refractivity contribution in [1.29, 1.82) is 0 Å². The Kier molecular flexibility index (Phi) is 8.29. The molecule has 8 heteroatoms. The van der Waals surface area contributed by atoms with Crippen LogP contribution in [0.5, 0.6) is 5.75 Å². The van der Waals surface area contributed by atoms with Crippen LogP contribution in [0.2, 0.25) is 4.34 Å². The van der Waals surface area contributed by atoms with Crippen molar-refractivity contribution in [1.82, 2.24) is 5.32 Å². The predicted octanol–water partition coefficient (Wildman–Crippen LogP) is 3.74. The average molecular weight is 410 g/mol. The van der Waals surface area contributed by atoms with Crippen LogP contribution < -0.4 is 10.1 Å². The largest absolute Gasteiger partial charge is 0.494 e. The fourth-order valence-electron chi connectivity index (χ4n) is 2.02. The van der Waals surface area contributed by atoms with Crippen molar-refractivity contribution in [2.24, 2.45) is 0 Å². The molecule has 0 saturated carbocycles. The molecule has 0 unspecified atom stereocenters. The monoisotopic (exact) mass is 409 g/mol. The van der Waals surface area contributed by atoms with Crippen LogP contribution in [0.4, 0.5) is 0 Å². The first-order valence-electron chi connectivity index (χ1n) is 8.45. The maximum atomic E-state index is 12.0. The smallest absolute Gasteiger partial charge is 0.325 e. The standard InChI is InChI=1S/C19H20ClNO5S/c1-2-3-10-25-14-6-4-13(5-7-14)19(24)21-11-18(23)26-12-15(22)16-8-9-17(20)27-16/h4-9H,2-3,10-12H2,1H3,(H,21,24). The summed E-state index contributed by atoms with van der Waals surface area (Å²) in [6.07, 6.45) is 2.01. The van der Waals surface area contributed by atoms with E-state index in [0.717, 1.165) is 24.2 Å². The highest BCUT2D eigenvalue weighted by atomic mass is 35.5. The third kappa shape index (κ3) is 7.03. The van der Waals surface area contributed by atoms with Crippen LogP contribution in [0.1, 0.15) is 39.8 Å². The van der Waals surface area contributed by atoms with Gasteiger partial charge in [-0.05, 0) is 42.8 Å².